The lowest BCUT2D eigenvalue weighted by Crippen LogP contribution is -2.49. The van der Waals surface area contributed by atoms with Crippen LogP contribution in [0.25, 0.3) is 0 Å². The zero-order valence-electron chi connectivity index (χ0n) is 13.3. The molecule has 7 nitrogen and oxygen atoms in total. The number of rotatable bonds is 4. The third-order valence-electron chi connectivity index (χ3n) is 3.94. The number of carbonyl (C=O) groups excluding carboxylic acids is 1. The fourth-order valence-electron chi connectivity index (χ4n) is 2.77. The van der Waals surface area contributed by atoms with Crippen LogP contribution in [-0.4, -0.2) is 40.1 Å². The van der Waals surface area contributed by atoms with Gasteiger partial charge >= 0.3 is 12.0 Å². The van der Waals surface area contributed by atoms with Crippen molar-refractivity contribution in [2.75, 3.05) is 13.1 Å². The molecule has 0 radical (unpaired) electrons. The van der Waals surface area contributed by atoms with Crippen LogP contribution < -0.4 is 5.32 Å². The molecule has 7 heteroatoms. The lowest BCUT2D eigenvalue weighted by Gasteiger charge is -2.34. The lowest BCUT2D eigenvalue weighted by atomic mass is 9.91. The maximum Gasteiger partial charge on any atom is 0.317 e. The second-order valence-electron chi connectivity index (χ2n) is 5.91. The Morgan fingerprint density at radius 2 is 2.18 bits per heavy atom. The summed E-state index contributed by atoms with van der Waals surface area (Å²) in [5.41, 5.74) is 0.771. The van der Waals surface area contributed by atoms with Gasteiger partial charge in [-0.15, -0.1) is 0 Å². The molecule has 2 rings (SSSR count). The third kappa shape index (κ3) is 3.78. The molecule has 1 fully saturated rings. The molecule has 1 saturated heterocycles. The molecule has 2 unspecified atom stereocenters. The predicted molar refractivity (Wildman–Crippen MR) is 79.3 cm³/mol. The van der Waals surface area contributed by atoms with Gasteiger partial charge in [0, 0.05) is 19.5 Å². The van der Waals surface area contributed by atoms with Crippen molar-refractivity contribution in [3.8, 4) is 0 Å². The predicted octanol–water partition coefficient (Wildman–Crippen LogP) is 1.80. The van der Waals surface area contributed by atoms with Gasteiger partial charge in [0.05, 0.1) is 18.2 Å². The summed E-state index contributed by atoms with van der Waals surface area (Å²) in [4.78, 5) is 29.2. The Balaban J connectivity index is 1.93. The SMILES string of the molecule is CCc1nc(C)c(CNC(=O)N2CC(C)CC(C(=O)O)C2)o1. The van der Waals surface area contributed by atoms with Crippen LogP contribution in [0.15, 0.2) is 4.42 Å². The number of aryl methyl sites for hydroxylation is 2. The summed E-state index contributed by atoms with van der Waals surface area (Å²) in [7, 11) is 0. The van der Waals surface area contributed by atoms with E-state index in [0.717, 1.165) is 5.69 Å². The summed E-state index contributed by atoms with van der Waals surface area (Å²) >= 11 is 0. The number of carboxylic acids is 1. The zero-order valence-corrected chi connectivity index (χ0v) is 13.3. The highest BCUT2D eigenvalue weighted by Crippen LogP contribution is 2.22. The lowest BCUT2D eigenvalue weighted by molar-refractivity contribution is -0.143. The van der Waals surface area contributed by atoms with E-state index in [-0.39, 0.29) is 25.0 Å². The first-order valence-electron chi connectivity index (χ1n) is 7.61. The van der Waals surface area contributed by atoms with Gasteiger partial charge in [0.2, 0.25) is 0 Å². The molecule has 0 spiro atoms. The second-order valence-corrected chi connectivity index (χ2v) is 5.91. The van der Waals surface area contributed by atoms with Crippen LogP contribution in [0.5, 0.6) is 0 Å². The smallest absolute Gasteiger partial charge is 0.317 e. The minimum atomic E-state index is -0.844. The normalized spacial score (nSPS) is 21.7. The molecule has 0 bridgehead atoms. The van der Waals surface area contributed by atoms with Crippen molar-refractivity contribution >= 4 is 12.0 Å². The number of piperidine rings is 1. The summed E-state index contributed by atoms with van der Waals surface area (Å²) in [5, 5.41) is 11.9. The second kappa shape index (κ2) is 6.81. The minimum absolute atomic E-state index is 0.180. The molecule has 0 saturated carbocycles. The van der Waals surface area contributed by atoms with E-state index in [1.807, 2.05) is 20.8 Å². The van der Waals surface area contributed by atoms with Gasteiger partial charge in [0.1, 0.15) is 5.76 Å². The summed E-state index contributed by atoms with van der Waals surface area (Å²) < 4.78 is 5.54. The van der Waals surface area contributed by atoms with Gasteiger partial charge in [-0.05, 0) is 19.3 Å². The third-order valence-corrected chi connectivity index (χ3v) is 3.94. The number of likely N-dealkylation sites (tertiary alicyclic amines) is 1. The molecular weight excluding hydrogens is 286 g/mol. The highest BCUT2D eigenvalue weighted by Gasteiger charge is 2.31. The van der Waals surface area contributed by atoms with Gasteiger partial charge in [0.25, 0.3) is 0 Å². The van der Waals surface area contributed by atoms with E-state index in [4.69, 9.17) is 9.52 Å². The van der Waals surface area contributed by atoms with E-state index < -0.39 is 11.9 Å². The van der Waals surface area contributed by atoms with Crippen LogP contribution in [0.1, 0.15) is 37.6 Å². The standard InChI is InChI=1S/C15H23N3O4/c1-4-13-17-10(3)12(22-13)6-16-15(21)18-7-9(2)5-11(8-18)14(19)20/h9,11H,4-8H2,1-3H3,(H,16,21)(H,19,20). The number of nitrogens with zero attached hydrogens (tertiary/aromatic N) is 2. The number of carboxylic acid groups (broad SMARTS) is 1. The molecule has 1 aromatic rings. The maximum absolute atomic E-state index is 12.2. The summed E-state index contributed by atoms with van der Waals surface area (Å²) in [6.07, 6.45) is 1.32. The quantitative estimate of drug-likeness (QED) is 0.884. The number of urea groups is 1. The number of hydrogen-bond acceptors (Lipinski definition) is 4. The van der Waals surface area contributed by atoms with E-state index in [9.17, 15) is 9.59 Å². The molecule has 0 aromatic carbocycles. The molecule has 2 amide bonds. The number of aromatic nitrogens is 1. The Morgan fingerprint density at radius 1 is 1.45 bits per heavy atom. The first-order chi connectivity index (χ1) is 10.4. The number of nitrogens with one attached hydrogen (secondary N) is 1. The Morgan fingerprint density at radius 3 is 2.77 bits per heavy atom. The van der Waals surface area contributed by atoms with Crippen LogP contribution in [0.2, 0.25) is 0 Å². The summed E-state index contributed by atoms with van der Waals surface area (Å²) in [5.74, 6) is 0.139. The first kappa shape index (κ1) is 16.3. The number of oxazole rings is 1. The van der Waals surface area contributed by atoms with Crippen molar-refractivity contribution in [1.82, 2.24) is 15.2 Å². The molecule has 1 aromatic heterocycles. The van der Waals surface area contributed by atoms with Crippen LogP contribution in [0.3, 0.4) is 0 Å². The molecule has 2 heterocycles. The Bertz CT molecular complexity index is 555. The number of hydrogen-bond donors (Lipinski definition) is 2. The van der Waals surface area contributed by atoms with Crippen LogP contribution in [0.4, 0.5) is 4.79 Å². The van der Waals surface area contributed by atoms with Crippen molar-refractivity contribution in [2.45, 2.75) is 40.2 Å². The monoisotopic (exact) mass is 309 g/mol. The van der Waals surface area contributed by atoms with Gasteiger partial charge in [-0.25, -0.2) is 9.78 Å². The van der Waals surface area contributed by atoms with E-state index in [1.165, 1.54) is 0 Å². The molecular formula is C15H23N3O4. The highest BCUT2D eigenvalue weighted by molar-refractivity contribution is 5.76. The Hall–Kier alpha value is -2.05. The van der Waals surface area contributed by atoms with Gasteiger partial charge in [-0.1, -0.05) is 13.8 Å². The fraction of sp³-hybridized carbons (Fsp3) is 0.667. The van der Waals surface area contributed by atoms with Gasteiger partial charge in [-0.3, -0.25) is 4.79 Å². The van der Waals surface area contributed by atoms with Crippen molar-refractivity contribution < 1.29 is 19.1 Å². The van der Waals surface area contributed by atoms with Crippen molar-refractivity contribution in [1.29, 1.82) is 0 Å². The topological polar surface area (TPSA) is 95.7 Å². The zero-order chi connectivity index (χ0) is 16.3. The number of aliphatic carboxylic acids is 1. The van der Waals surface area contributed by atoms with Crippen LogP contribution in [0, 0.1) is 18.8 Å². The summed E-state index contributed by atoms with van der Waals surface area (Å²) in [6, 6.07) is -0.258. The first-order valence-corrected chi connectivity index (χ1v) is 7.61. The molecule has 2 atom stereocenters. The van der Waals surface area contributed by atoms with Gasteiger partial charge < -0.3 is 19.7 Å². The van der Waals surface area contributed by atoms with E-state index >= 15 is 0 Å². The van der Waals surface area contributed by atoms with E-state index in [0.29, 0.717) is 31.0 Å². The molecule has 2 N–H and O–H groups in total. The van der Waals surface area contributed by atoms with Crippen molar-refractivity contribution in [3.05, 3.63) is 17.3 Å². The van der Waals surface area contributed by atoms with Crippen LogP contribution in [-0.2, 0) is 17.8 Å². The Labute approximate surface area is 129 Å². The number of carbonyl (C=O) groups is 2. The fourth-order valence-corrected chi connectivity index (χ4v) is 2.77. The van der Waals surface area contributed by atoms with Crippen LogP contribution >= 0.6 is 0 Å². The Kier molecular flexibility index (Phi) is 5.05. The van der Waals surface area contributed by atoms with Crippen molar-refractivity contribution in [2.24, 2.45) is 11.8 Å². The maximum atomic E-state index is 12.2. The van der Waals surface area contributed by atoms with Gasteiger partial charge in [0.15, 0.2) is 5.89 Å². The molecule has 122 valence electrons. The van der Waals surface area contributed by atoms with Gasteiger partial charge in [-0.2, -0.15) is 0 Å². The van der Waals surface area contributed by atoms with E-state index in [1.54, 1.807) is 4.90 Å². The summed E-state index contributed by atoms with van der Waals surface area (Å²) in [6.45, 7) is 6.85. The molecule has 22 heavy (non-hydrogen) atoms. The van der Waals surface area contributed by atoms with E-state index in [2.05, 4.69) is 10.3 Å². The largest absolute Gasteiger partial charge is 0.481 e. The highest BCUT2D eigenvalue weighted by atomic mass is 16.4. The molecule has 1 aliphatic heterocycles. The molecule has 0 aliphatic carbocycles. The molecule has 1 aliphatic rings. The van der Waals surface area contributed by atoms with Crippen molar-refractivity contribution in [3.63, 3.8) is 0 Å². The number of amides is 2. The average Bonchev–Trinajstić information content (AvgIpc) is 2.84. The average molecular weight is 309 g/mol. The minimum Gasteiger partial charge on any atom is -0.481 e.